The van der Waals surface area contributed by atoms with Gasteiger partial charge in [-0.3, -0.25) is 4.98 Å². The summed E-state index contributed by atoms with van der Waals surface area (Å²) < 4.78 is 10.3. The summed E-state index contributed by atoms with van der Waals surface area (Å²) in [5, 5.41) is 2.91. The minimum absolute atomic E-state index is 0.0275. The van der Waals surface area contributed by atoms with Crippen LogP contribution in [0.5, 0.6) is 11.8 Å². The van der Waals surface area contributed by atoms with Crippen LogP contribution in [0.2, 0.25) is 0 Å². The lowest BCUT2D eigenvalue weighted by atomic mass is 9.97. The van der Waals surface area contributed by atoms with Gasteiger partial charge in [-0.15, -0.1) is 0 Å². The Kier molecular flexibility index (Phi) is 5.33. The van der Waals surface area contributed by atoms with E-state index in [9.17, 15) is 4.79 Å². The average molecular weight is 342 g/mol. The van der Waals surface area contributed by atoms with Gasteiger partial charge in [0.2, 0.25) is 11.8 Å². The molecule has 1 atom stereocenters. The number of nitrogens with zero attached hydrogens (tertiary/aromatic N) is 3. The van der Waals surface area contributed by atoms with Crippen LogP contribution in [0.25, 0.3) is 0 Å². The Morgan fingerprint density at radius 2 is 2.12 bits per heavy atom. The second-order valence-electron chi connectivity index (χ2n) is 5.83. The molecule has 7 heteroatoms. The summed E-state index contributed by atoms with van der Waals surface area (Å²) >= 11 is 0. The van der Waals surface area contributed by atoms with Crippen molar-refractivity contribution in [3.63, 3.8) is 0 Å². The van der Waals surface area contributed by atoms with Gasteiger partial charge in [0, 0.05) is 25.0 Å². The largest absolute Gasteiger partial charge is 0.481 e. The van der Waals surface area contributed by atoms with Crippen molar-refractivity contribution >= 4 is 11.7 Å². The van der Waals surface area contributed by atoms with E-state index in [1.54, 1.807) is 18.3 Å². The van der Waals surface area contributed by atoms with Crippen molar-refractivity contribution in [3.05, 3.63) is 42.2 Å². The molecule has 0 radical (unpaired) electrons. The molecule has 2 aromatic rings. The first-order chi connectivity index (χ1) is 12.2. The molecule has 2 amide bonds. The van der Waals surface area contributed by atoms with Gasteiger partial charge < -0.3 is 19.7 Å². The van der Waals surface area contributed by atoms with E-state index in [2.05, 4.69) is 15.3 Å². The predicted molar refractivity (Wildman–Crippen MR) is 93.9 cm³/mol. The Morgan fingerprint density at radius 1 is 1.24 bits per heavy atom. The van der Waals surface area contributed by atoms with Crippen LogP contribution in [0.4, 0.5) is 10.5 Å². The Bertz CT molecular complexity index is 724. The third kappa shape index (κ3) is 3.81. The van der Waals surface area contributed by atoms with Crippen molar-refractivity contribution in [1.29, 1.82) is 0 Å². The first kappa shape index (κ1) is 17.0. The average Bonchev–Trinajstić information content (AvgIpc) is 2.69. The third-order valence-electron chi connectivity index (χ3n) is 4.31. The number of nitrogens with one attached hydrogen (secondary N) is 1. The number of likely N-dealkylation sites (tertiary alicyclic amines) is 1. The number of hydrogen-bond donors (Lipinski definition) is 1. The summed E-state index contributed by atoms with van der Waals surface area (Å²) in [6.07, 6.45) is 6.58. The summed E-state index contributed by atoms with van der Waals surface area (Å²) in [6, 6.07) is 7.19. The van der Waals surface area contributed by atoms with Gasteiger partial charge in [-0.05, 0) is 37.0 Å². The van der Waals surface area contributed by atoms with E-state index in [4.69, 9.17) is 9.47 Å². The first-order valence-electron chi connectivity index (χ1n) is 8.29. The number of pyridine rings is 2. The maximum absolute atomic E-state index is 12.9. The van der Waals surface area contributed by atoms with E-state index in [1.807, 2.05) is 23.2 Å². The Balaban J connectivity index is 1.79. The second-order valence-corrected chi connectivity index (χ2v) is 5.83. The molecular weight excluding hydrogens is 320 g/mol. The van der Waals surface area contributed by atoms with Gasteiger partial charge in [-0.25, -0.2) is 4.79 Å². The van der Waals surface area contributed by atoms with Gasteiger partial charge >= 0.3 is 6.03 Å². The molecule has 25 heavy (non-hydrogen) atoms. The molecule has 1 aliphatic rings. The zero-order chi connectivity index (χ0) is 17.6. The quantitative estimate of drug-likeness (QED) is 0.923. The summed E-state index contributed by atoms with van der Waals surface area (Å²) in [5.41, 5.74) is 1.57. The summed E-state index contributed by atoms with van der Waals surface area (Å²) in [4.78, 5) is 23.1. The van der Waals surface area contributed by atoms with E-state index in [-0.39, 0.29) is 12.1 Å². The van der Waals surface area contributed by atoms with Crippen molar-refractivity contribution in [3.8, 4) is 11.8 Å². The van der Waals surface area contributed by atoms with Crippen molar-refractivity contribution in [2.45, 2.75) is 25.3 Å². The maximum atomic E-state index is 12.9. The monoisotopic (exact) mass is 342 g/mol. The lowest BCUT2D eigenvalue weighted by Crippen LogP contribution is -2.41. The van der Waals surface area contributed by atoms with Crippen LogP contribution in [0, 0.1) is 0 Å². The highest BCUT2D eigenvalue weighted by molar-refractivity contribution is 5.91. The summed E-state index contributed by atoms with van der Waals surface area (Å²) in [5.74, 6) is 0.753. The van der Waals surface area contributed by atoms with Crippen LogP contribution in [0.3, 0.4) is 0 Å². The standard InChI is InChI=1S/C18H22N4O3/c1-24-16-9-8-14(17(21-16)25-2)20-18(23)22-11-4-3-7-15(22)13-6-5-10-19-12-13/h5-6,8-10,12,15H,3-4,7,11H2,1-2H3,(H,20,23)/t15-/m1/s1. The number of carbonyl (C=O) groups excluding carboxylic acids is 1. The number of anilines is 1. The minimum atomic E-state index is -0.168. The number of aromatic nitrogens is 2. The third-order valence-corrected chi connectivity index (χ3v) is 4.31. The molecule has 1 fully saturated rings. The van der Waals surface area contributed by atoms with E-state index < -0.39 is 0 Å². The molecule has 3 rings (SSSR count). The second kappa shape index (κ2) is 7.83. The van der Waals surface area contributed by atoms with Gasteiger partial charge in [0.1, 0.15) is 5.69 Å². The van der Waals surface area contributed by atoms with Crippen LogP contribution in [0.1, 0.15) is 30.9 Å². The Morgan fingerprint density at radius 3 is 2.84 bits per heavy atom. The molecule has 0 aliphatic carbocycles. The highest BCUT2D eigenvalue weighted by Gasteiger charge is 2.28. The molecule has 132 valence electrons. The van der Waals surface area contributed by atoms with E-state index in [1.165, 1.54) is 14.2 Å². The smallest absolute Gasteiger partial charge is 0.322 e. The van der Waals surface area contributed by atoms with E-state index >= 15 is 0 Å². The normalized spacial score (nSPS) is 17.0. The number of hydrogen-bond acceptors (Lipinski definition) is 5. The molecule has 1 N–H and O–H groups in total. The van der Waals surface area contributed by atoms with Gasteiger partial charge in [0.05, 0.1) is 20.3 Å². The van der Waals surface area contributed by atoms with Gasteiger partial charge in [-0.1, -0.05) is 6.07 Å². The lowest BCUT2D eigenvalue weighted by molar-refractivity contribution is 0.163. The molecule has 2 aromatic heterocycles. The fraction of sp³-hybridized carbons (Fsp3) is 0.389. The molecular formula is C18H22N4O3. The highest BCUT2D eigenvalue weighted by Crippen LogP contribution is 2.32. The maximum Gasteiger partial charge on any atom is 0.322 e. The number of methoxy groups -OCH3 is 2. The van der Waals surface area contributed by atoms with Crippen molar-refractivity contribution in [2.75, 3.05) is 26.1 Å². The van der Waals surface area contributed by atoms with Gasteiger partial charge in [-0.2, -0.15) is 4.98 Å². The van der Waals surface area contributed by atoms with Crippen LogP contribution < -0.4 is 14.8 Å². The number of amides is 2. The molecule has 0 unspecified atom stereocenters. The van der Waals surface area contributed by atoms with Crippen molar-refractivity contribution in [2.24, 2.45) is 0 Å². The predicted octanol–water partition coefficient (Wildman–Crippen LogP) is 3.25. The molecule has 0 aromatic carbocycles. The zero-order valence-corrected chi connectivity index (χ0v) is 14.4. The van der Waals surface area contributed by atoms with Crippen LogP contribution in [-0.4, -0.2) is 41.7 Å². The number of urea groups is 1. The molecule has 1 aliphatic heterocycles. The number of rotatable bonds is 4. The fourth-order valence-electron chi connectivity index (χ4n) is 3.07. The van der Waals surface area contributed by atoms with Crippen LogP contribution in [0.15, 0.2) is 36.7 Å². The highest BCUT2D eigenvalue weighted by atomic mass is 16.5. The Labute approximate surface area is 147 Å². The zero-order valence-electron chi connectivity index (χ0n) is 14.4. The molecule has 0 spiro atoms. The molecule has 7 nitrogen and oxygen atoms in total. The SMILES string of the molecule is COc1ccc(NC(=O)N2CCCC[C@@H]2c2cccnc2)c(OC)n1. The van der Waals surface area contributed by atoms with Crippen molar-refractivity contribution < 1.29 is 14.3 Å². The van der Waals surface area contributed by atoms with Crippen LogP contribution >= 0.6 is 0 Å². The minimum Gasteiger partial charge on any atom is -0.481 e. The Hall–Kier alpha value is -2.83. The molecule has 0 saturated carbocycles. The van der Waals surface area contributed by atoms with Gasteiger partial charge in [0.25, 0.3) is 0 Å². The first-order valence-corrected chi connectivity index (χ1v) is 8.29. The molecule has 3 heterocycles. The molecule has 0 bridgehead atoms. The van der Waals surface area contributed by atoms with E-state index in [0.29, 0.717) is 24.0 Å². The summed E-state index contributed by atoms with van der Waals surface area (Å²) in [7, 11) is 3.04. The topological polar surface area (TPSA) is 76.6 Å². The number of piperidine rings is 1. The van der Waals surface area contributed by atoms with Crippen LogP contribution in [-0.2, 0) is 0 Å². The lowest BCUT2D eigenvalue weighted by Gasteiger charge is -2.35. The molecule has 1 saturated heterocycles. The van der Waals surface area contributed by atoms with Crippen molar-refractivity contribution in [1.82, 2.24) is 14.9 Å². The fourth-order valence-corrected chi connectivity index (χ4v) is 3.07. The summed E-state index contributed by atoms with van der Waals surface area (Å²) in [6.45, 7) is 0.706. The van der Waals surface area contributed by atoms with E-state index in [0.717, 1.165) is 24.8 Å². The van der Waals surface area contributed by atoms with Gasteiger partial charge in [0.15, 0.2) is 0 Å². The number of ether oxygens (including phenoxy) is 2. The number of carbonyl (C=O) groups is 1.